The highest BCUT2D eigenvalue weighted by Gasteiger charge is 2.48. The van der Waals surface area contributed by atoms with Gasteiger partial charge in [0.15, 0.2) is 23.2 Å². The van der Waals surface area contributed by atoms with Crippen LogP contribution in [0.15, 0.2) is 144 Å². The summed E-state index contributed by atoms with van der Waals surface area (Å²) in [5, 5.41) is 16.9. The third kappa shape index (κ3) is 16.1. The van der Waals surface area contributed by atoms with Gasteiger partial charge >= 0.3 is 17.5 Å². The molecule has 8 aromatic rings. The Kier molecular flexibility index (Phi) is 20.3. The number of carbonyl (C=O) groups excluding carboxylic acids is 5. The van der Waals surface area contributed by atoms with Gasteiger partial charge in [-0.15, -0.1) is 32.8 Å². The Morgan fingerprint density at radius 1 is 0.753 bits per heavy atom. The highest BCUT2D eigenvalue weighted by atomic mass is 35.5. The first-order chi connectivity index (χ1) is 38.0. The van der Waals surface area contributed by atoms with Gasteiger partial charge in [0.2, 0.25) is 17.5 Å². The van der Waals surface area contributed by atoms with E-state index in [2.05, 4.69) is 45.8 Å². The molecule has 0 fully saturated rings. The van der Waals surface area contributed by atoms with Crippen molar-refractivity contribution < 1.29 is 64.6 Å². The van der Waals surface area contributed by atoms with Crippen molar-refractivity contribution in [2.75, 3.05) is 26.2 Å². The molecule has 28 heteroatoms. The minimum absolute atomic E-state index is 0. The summed E-state index contributed by atoms with van der Waals surface area (Å²) < 4.78 is 76.9. The highest BCUT2D eigenvalue weighted by molar-refractivity contribution is 6.38. The quantitative estimate of drug-likeness (QED) is 0.0215. The number of aliphatic imine (C=N–C) groups is 1. The average molecular weight is 1180 g/mol. The van der Waals surface area contributed by atoms with Crippen LogP contribution in [0.3, 0.4) is 0 Å². The van der Waals surface area contributed by atoms with Crippen LogP contribution in [0.5, 0.6) is 23.3 Å². The van der Waals surface area contributed by atoms with Gasteiger partial charge in [0.25, 0.3) is 17.8 Å². The third-order valence-electron chi connectivity index (χ3n) is 11.0. The summed E-state index contributed by atoms with van der Waals surface area (Å²) in [4.78, 5) is 91.9. The number of nitrogens with one attached hydrogen (secondary N) is 2. The Bertz CT molecular complexity index is 3750. The number of oxazole rings is 2. The average Bonchev–Trinajstić information content (AvgIpc) is 2.50. The second-order valence-corrected chi connectivity index (χ2v) is 18.1. The number of aromatic amines is 2. The van der Waals surface area contributed by atoms with Crippen molar-refractivity contribution in [2.45, 2.75) is 45.1 Å². The fourth-order valence-corrected chi connectivity index (χ4v) is 7.75. The summed E-state index contributed by atoms with van der Waals surface area (Å²) >= 11 is 11.6. The van der Waals surface area contributed by atoms with E-state index < -0.39 is 72.4 Å². The number of aldehydes is 1. The molecule has 21 nitrogen and oxygen atoms in total. The molecule has 1 amide bonds. The predicted molar refractivity (Wildman–Crippen MR) is 287 cm³/mol. The molecule has 1 unspecified atom stereocenters. The van der Waals surface area contributed by atoms with Crippen LogP contribution in [-0.4, -0.2) is 109 Å². The Labute approximate surface area is 470 Å². The SMILES string of the molecule is CC(F)(F)CN.CC(F)(F)CN1C(=O)C2=C(C(c3cccc4[nH]c(=O)oc34)=NC2)C1c1ccc(Oc2ccc(Cl)cc2)nn1.CCOC(=O)C(=O)CC(=O)c1cccc2[nH]c(=O)oc12.Cl.O=Cc1ccc(Oc2ccc(Cl)cc2)nn1. The minimum atomic E-state index is -3.16. The molecule has 0 aliphatic carbocycles. The van der Waals surface area contributed by atoms with Crippen LogP contribution < -0.4 is 26.7 Å². The van der Waals surface area contributed by atoms with Crippen molar-refractivity contribution in [1.29, 1.82) is 0 Å². The summed E-state index contributed by atoms with van der Waals surface area (Å²) in [6.45, 7) is 1.76. The lowest BCUT2D eigenvalue weighted by Crippen LogP contribution is -2.40. The third-order valence-corrected chi connectivity index (χ3v) is 11.5. The number of halogens is 7. The number of amides is 1. The summed E-state index contributed by atoms with van der Waals surface area (Å²) in [5.74, 6) is -8.76. The molecule has 4 N–H and O–H groups in total. The standard InChI is InChI=1S/C26H18ClF2N5O4.C13H11NO6.C11H7ClN2O2.C3H7F2N.ClH/c1-26(28,29)12-34-22(17-9-10-19(33-32-17)37-14-7-5-13(27)6-8-14)20-16(24(34)35)11-30-21(20)15-3-2-4-18-23(15)38-25(36)31-18;1-2-19-12(17)10(16)6-9(15)7-4-3-5-8-11(7)20-13(18)14-8;12-8-1-4-10(5-2-8)16-11-6-3-9(7-15)13-14-11;1-3(4,5)2-6;/h2-10,22H,11-12H2,1H3,(H,31,36);3-5H,2,6H2,1H3,(H,14,18);1-7H;2,6H2,1H3;1H. The smallest absolute Gasteiger partial charge is 0.417 e. The number of alkyl halides is 4. The number of carbonyl (C=O) groups is 5. The zero-order valence-corrected chi connectivity index (χ0v) is 44.7. The molecular weight excluding hydrogens is 1140 g/mol. The van der Waals surface area contributed by atoms with Crippen LogP contribution in [0.2, 0.25) is 10.0 Å². The highest BCUT2D eigenvalue weighted by Crippen LogP contribution is 2.44. The maximum atomic E-state index is 14.2. The number of esters is 1. The Balaban J connectivity index is 0.000000205. The van der Waals surface area contributed by atoms with Crippen LogP contribution in [0.4, 0.5) is 17.6 Å². The first-order valence-corrected chi connectivity index (χ1v) is 24.3. The van der Waals surface area contributed by atoms with Gasteiger partial charge in [-0.1, -0.05) is 35.3 Å². The minimum Gasteiger partial charge on any atom is -0.460 e. The number of ether oxygens (including phenoxy) is 3. The monoisotopic (exact) mass is 1180 g/mol. The topological polar surface area (TPSA) is 298 Å². The predicted octanol–water partition coefficient (Wildman–Crippen LogP) is 9.28. The molecule has 81 heavy (non-hydrogen) atoms. The Morgan fingerprint density at radius 3 is 1.80 bits per heavy atom. The molecule has 0 radical (unpaired) electrons. The molecule has 10 rings (SSSR count). The number of nitrogens with zero attached hydrogens (tertiary/aromatic N) is 6. The number of H-pyrrole nitrogens is 2. The summed E-state index contributed by atoms with van der Waals surface area (Å²) in [7, 11) is 0. The molecule has 0 saturated carbocycles. The first kappa shape index (κ1) is 61.3. The normalized spacial score (nSPS) is 13.6. The number of rotatable bonds is 15. The number of benzene rings is 4. The van der Waals surface area contributed by atoms with E-state index in [1.54, 1.807) is 97.9 Å². The maximum Gasteiger partial charge on any atom is 0.417 e. The number of ketones is 2. The lowest BCUT2D eigenvalue weighted by Gasteiger charge is -2.29. The van der Waals surface area contributed by atoms with E-state index in [4.69, 9.17) is 41.5 Å². The molecule has 0 spiro atoms. The number of aromatic nitrogens is 6. The molecule has 2 aliphatic rings. The lowest BCUT2D eigenvalue weighted by atomic mass is 9.94. The largest absolute Gasteiger partial charge is 0.460 e. The van der Waals surface area contributed by atoms with Crippen LogP contribution in [0.1, 0.15) is 65.3 Å². The van der Waals surface area contributed by atoms with Gasteiger partial charge in [-0.3, -0.25) is 34.1 Å². The van der Waals surface area contributed by atoms with Crippen molar-refractivity contribution in [1.82, 2.24) is 35.3 Å². The summed E-state index contributed by atoms with van der Waals surface area (Å²) in [6.07, 6.45) is -0.00803. The molecule has 0 bridgehead atoms. The molecule has 422 valence electrons. The van der Waals surface area contributed by atoms with Crippen LogP contribution in [0, 0.1) is 0 Å². The fourth-order valence-electron chi connectivity index (χ4n) is 7.50. The number of nitrogens with two attached hydrogens (primary N) is 1. The van der Waals surface area contributed by atoms with Crippen LogP contribution in [0.25, 0.3) is 22.2 Å². The van der Waals surface area contributed by atoms with Gasteiger partial charge in [0.05, 0.1) is 60.7 Å². The van der Waals surface area contributed by atoms with Gasteiger partial charge in [-0.2, -0.15) is 0 Å². The lowest BCUT2D eigenvalue weighted by molar-refractivity contribution is -0.153. The maximum absolute atomic E-state index is 14.2. The van der Waals surface area contributed by atoms with Crippen molar-refractivity contribution in [3.05, 3.63) is 174 Å². The van der Waals surface area contributed by atoms with Crippen molar-refractivity contribution in [3.8, 4) is 23.3 Å². The molecule has 4 aromatic carbocycles. The number of Topliss-reactive ketones (excluding diaryl/α,β-unsaturated/α-hetero) is 2. The number of hydrogen-bond acceptors (Lipinski definition) is 18. The number of fused-ring (bicyclic) bond motifs is 2. The van der Waals surface area contributed by atoms with E-state index in [1.807, 2.05) is 0 Å². The fraction of sp³-hybridized carbons (Fsp3) is 0.208. The summed E-state index contributed by atoms with van der Waals surface area (Å²) in [6, 6.07) is 28.3. The van der Waals surface area contributed by atoms with E-state index in [0.717, 1.165) is 18.7 Å². The van der Waals surface area contributed by atoms with Crippen molar-refractivity contribution in [3.63, 3.8) is 0 Å². The van der Waals surface area contributed by atoms with Crippen molar-refractivity contribution in [2.24, 2.45) is 10.7 Å². The van der Waals surface area contributed by atoms with Gasteiger partial charge < -0.3 is 33.7 Å². The molecule has 0 saturated heterocycles. The van der Waals surface area contributed by atoms with Crippen LogP contribution >= 0.6 is 35.6 Å². The van der Waals surface area contributed by atoms with E-state index in [-0.39, 0.29) is 65.1 Å². The Hall–Kier alpha value is -8.91. The first-order valence-electron chi connectivity index (χ1n) is 23.6. The van der Waals surface area contributed by atoms with Gasteiger partial charge in [0.1, 0.15) is 23.2 Å². The molecule has 4 aromatic heterocycles. The van der Waals surface area contributed by atoms with E-state index in [0.29, 0.717) is 61.6 Å². The zero-order valence-electron chi connectivity index (χ0n) is 42.4. The van der Waals surface area contributed by atoms with E-state index in [9.17, 15) is 51.1 Å². The second-order valence-electron chi connectivity index (χ2n) is 17.2. The molecular formula is C53H44Cl3F4N9O12. The van der Waals surface area contributed by atoms with Gasteiger partial charge in [0, 0.05) is 52.7 Å². The van der Waals surface area contributed by atoms with Crippen LogP contribution in [-0.2, 0) is 19.1 Å². The molecule has 2 aliphatic heterocycles. The second kappa shape index (κ2) is 26.8. The van der Waals surface area contributed by atoms with Gasteiger partial charge in [-0.05, 0) is 91.9 Å². The summed E-state index contributed by atoms with van der Waals surface area (Å²) in [5.41, 5.74) is 7.82. The van der Waals surface area contributed by atoms with E-state index in [1.165, 1.54) is 18.2 Å². The van der Waals surface area contributed by atoms with Gasteiger partial charge in [-0.25, -0.2) is 31.9 Å². The number of hydrogen-bond donors (Lipinski definition) is 3. The van der Waals surface area contributed by atoms with Crippen molar-refractivity contribution >= 4 is 93.2 Å². The molecule has 1 atom stereocenters. The Morgan fingerprint density at radius 2 is 1.30 bits per heavy atom. The zero-order chi connectivity index (χ0) is 57.9. The number of para-hydroxylation sites is 2. The molecule has 6 heterocycles. The van der Waals surface area contributed by atoms with E-state index >= 15 is 0 Å².